The Balaban J connectivity index is 0.00000300. The van der Waals surface area contributed by atoms with Gasteiger partial charge in [0.15, 0.2) is 5.96 Å². The number of rotatable bonds is 8. The van der Waals surface area contributed by atoms with Crippen LogP contribution in [0.1, 0.15) is 25.3 Å². The molecule has 0 spiro atoms. The highest BCUT2D eigenvalue weighted by molar-refractivity contribution is 14.0. The van der Waals surface area contributed by atoms with Crippen LogP contribution >= 0.6 is 24.0 Å². The summed E-state index contributed by atoms with van der Waals surface area (Å²) in [6, 6.07) is 8.78. The van der Waals surface area contributed by atoms with Gasteiger partial charge >= 0.3 is 0 Å². The van der Waals surface area contributed by atoms with Gasteiger partial charge in [0.25, 0.3) is 0 Å². The predicted molar refractivity (Wildman–Crippen MR) is 131 cm³/mol. The van der Waals surface area contributed by atoms with E-state index in [2.05, 4.69) is 53.2 Å². The highest BCUT2D eigenvalue weighted by Gasteiger charge is 2.20. The largest absolute Gasteiger partial charge is 0.381 e. The fourth-order valence-electron chi connectivity index (χ4n) is 3.74. The van der Waals surface area contributed by atoms with Crippen molar-refractivity contribution in [3.8, 4) is 0 Å². The number of aliphatic imine (C=N–C) groups is 1. The Morgan fingerprint density at radius 2 is 2.10 bits per heavy atom. The minimum absolute atomic E-state index is 0. The molecule has 0 saturated carbocycles. The minimum Gasteiger partial charge on any atom is -0.381 e. The average molecular weight is 516 g/mol. The summed E-state index contributed by atoms with van der Waals surface area (Å²) in [5.41, 5.74) is 2.64. The maximum absolute atomic E-state index is 5.79. The van der Waals surface area contributed by atoms with Gasteiger partial charge in [0.1, 0.15) is 0 Å². The quantitative estimate of drug-likeness (QED) is 0.249. The van der Waals surface area contributed by atoms with Gasteiger partial charge in [-0.3, -0.25) is 4.99 Å². The summed E-state index contributed by atoms with van der Waals surface area (Å²) in [6.07, 6.45) is 2.10. The van der Waals surface area contributed by atoms with E-state index in [-0.39, 0.29) is 24.0 Å². The molecule has 1 unspecified atom stereocenters. The Kier molecular flexibility index (Phi) is 11.1. The number of benzene rings is 1. The van der Waals surface area contributed by atoms with Crippen LogP contribution in [0, 0.1) is 12.8 Å². The van der Waals surface area contributed by atoms with E-state index in [9.17, 15) is 0 Å². The third-order valence-corrected chi connectivity index (χ3v) is 5.37. The van der Waals surface area contributed by atoms with Crippen LogP contribution in [-0.2, 0) is 9.47 Å². The van der Waals surface area contributed by atoms with E-state index in [4.69, 9.17) is 14.5 Å². The number of hydrogen-bond acceptors (Lipinski definition) is 4. The molecular weight excluding hydrogens is 479 g/mol. The lowest BCUT2D eigenvalue weighted by Gasteiger charge is -2.37. The molecule has 0 aliphatic carbocycles. The van der Waals surface area contributed by atoms with Gasteiger partial charge in [-0.2, -0.15) is 0 Å². The van der Waals surface area contributed by atoms with Crippen LogP contribution in [0.5, 0.6) is 0 Å². The van der Waals surface area contributed by atoms with Crippen molar-refractivity contribution in [3.05, 3.63) is 29.8 Å². The molecule has 2 fully saturated rings. The summed E-state index contributed by atoms with van der Waals surface area (Å²) < 4.78 is 11.2. The molecule has 7 heteroatoms. The highest BCUT2D eigenvalue weighted by atomic mass is 127. The molecule has 29 heavy (non-hydrogen) atoms. The number of piperazine rings is 1. The van der Waals surface area contributed by atoms with Crippen LogP contribution < -0.4 is 10.2 Å². The van der Waals surface area contributed by atoms with E-state index in [1.165, 1.54) is 11.3 Å². The lowest BCUT2D eigenvalue weighted by molar-refractivity contribution is 0.0893. The summed E-state index contributed by atoms with van der Waals surface area (Å²) in [7, 11) is 0. The first-order valence-electron chi connectivity index (χ1n) is 10.8. The lowest BCUT2D eigenvalue weighted by atomic mass is 10.1. The summed E-state index contributed by atoms with van der Waals surface area (Å²) >= 11 is 0. The fraction of sp³-hybridized carbons (Fsp3) is 0.682. The minimum atomic E-state index is 0. The molecule has 1 N–H and O–H groups in total. The molecule has 3 rings (SSSR count). The van der Waals surface area contributed by atoms with Gasteiger partial charge in [-0.15, -0.1) is 24.0 Å². The van der Waals surface area contributed by atoms with Crippen LogP contribution in [0.3, 0.4) is 0 Å². The molecule has 6 nitrogen and oxygen atoms in total. The van der Waals surface area contributed by atoms with Crippen LogP contribution in [0.4, 0.5) is 5.69 Å². The first-order chi connectivity index (χ1) is 13.8. The fourth-order valence-corrected chi connectivity index (χ4v) is 3.74. The molecule has 1 aromatic carbocycles. The van der Waals surface area contributed by atoms with Crippen LogP contribution in [0.2, 0.25) is 0 Å². The van der Waals surface area contributed by atoms with E-state index >= 15 is 0 Å². The second-order valence-electron chi connectivity index (χ2n) is 7.71. The number of halogens is 1. The zero-order valence-corrected chi connectivity index (χ0v) is 20.3. The molecule has 1 atom stereocenters. The number of nitrogens with one attached hydrogen (secondary N) is 1. The van der Waals surface area contributed by atoms with Crippen LogP contribution in [-0.4, -0.2) is 76.6 Å². The molecule has 164 valence electrons. The van der Waals surface area contributed by atoms with Gasteiger partial charge in [-0.05, 0) is 44.4 Å². The van der Waals surface area contributed by atoms with Gasteiger partial charge in [0.05, 0.1) is 13.2 Å². The van der Waals surface area contributed by atoms with Crippen molar-refractivity contribution < 1.29 is 9.47 Å². The third-order valence-electron chi connectivity index (χ3n) is 5.37. The number of ether oxygens (including phenoxy) is 2. The molecular formula is C22H37IN4O2. The van der Waals surface area contributed by atoms with Gasteiger partial charge in [-0.25, -0.2) is 0 Å². The Morgan fingerprint density at radius 1 is 1.28 bits per heavy atom. The number of guanidine groups is 1. The Bertz CT molecular complexity index is 615. The van der Waals surface area contributed by atoms with Crippen molar-refractivity contribution in [3.63, 3.8) is 0 Å². The molecule has 0 bridgehead atoms. The second-order valence-corrected chi connectivity index (χ2v) is 7.71. The summed E-state index contributed by atoms with van der Waals surface area (Å²) in [5, 5.41) is 3.45. The van der Waals surface area contributed by atoms with Gasteiger partial charge in [0.2, 0.25) is 0 Å². The zero-order chi connectivity index (χ0) is 19.6. The average Bonchev–Trinajstić information content (AvgIpc) is 3.23. The standard InChI is InChI=1S/C22H36N4O2.HI/c1-3-23-22(24-9-5-14-27-17-20-8-15-28-18-20)26-12-10-25(11-13-26)21-7-4-6-19(2)16-21;/h4,6-7,16,20H,3,5,8-15,17-18H2,1-2H3,(H,23,24);1H. The zero-order valence-electron chi connectivity index (χ0n) is 17.9. The summed E-state index contributed by atoms with van der Waals surface area (Å²) in [4.78, 5) is 9.67. The van der Waals surface area contributed by atoms with Gasteiger partial charge in [-0.1, -0.05) is 12.1 Å². The SMILES string of the molecule is CCNC(=NCCCOCC1CCOC1)N1CCN(c2cccc(C)c2)CC1.I. The van der Waals surface area contributed by atoms with E-state index in [1.54, 1.807) is 0 Å². The van der Waals surface area contributed by atoms with Crippen molar-refractivity contribution in [2.45, 2.75) is 26.7 Å². The molecule has 2 aliphatic rings. The highest BCUT2D eigenvalue weighted by Crippen LogP contribution is 2.18. The summed E-state index contributed by atoms with van der Waals surface area (Å²) in [5.74, 6) is 1.63. The normalized spacial score (nSPS) is 19.9. The topological polar surface area (TPSA) is 49.3 Å². The first-order valence-corrected chi connectivity index (χ1v) is 10.8. The predicted octanol–water partition coefficient (Wildman–Crippen LogP) is 3.14. The van der Waals surface area contributed by atoms with Gasteiger partial charge in [0, 0.05) is 64.1 Å². The maximum Gasteiger partial charge on any atom is 0.194 e. The maximum atomic E-state index is 5.79. The van der Waals surface area contributed by atoms with E-state index in [1.807, 2.05) is 0 Å². The Morgan fingerprint density at radius 3 is 2.79 bits per heavy atom. The Labute approximate surface area is 193 Å². The second kappa shape index (κ2) is 13.3. The molecule has 2 heterocycles. The number of nitrogens with zero attached hydrogens (tertiary/aromatic N) is 3. The number of anilines is 1. The molecule has 1 aromatic rings. The monoisotopic (exact) mass is 516 g/mol. The third kappa shape index (κ3) is 7.94. The van der Waals surface area contributed by atoms with Gasteiger partial charge < -0.3 is 24.6 Å². The molecule has 0 radical (unpaired) electrons. The van der Waals surface area contributed by atoms with E-state index in [0.29, 0.717) is 5.92 Å². The van der Waals surface area contributed by atoms with Crippen molar-refractivity contribution in [2.75, 3.05) is 70.6 Å². The first kappa shape index (κ1) is 24.2. The molecule has 2 saturated heterocycles. The number of hydrogen-bond donors (Lipinski definition) is 1. The van der Waals surface area contributed by atoms with Crippen LogP contribution in [0.15, 0.2) is 29.3 Å². The smallest absolute Gasteiger partial charge is 0.194 e. The molecule has 0 amide bonds. The Hall–Kier alpha value is -1.06. The van der Waals surface area contributed by atoms with E-state index < -0.39 is 0 Å². The van der Waals surface area contributed by atoms with Crippen molar-refractivity contribution in [1.82, 2.24) is 10.2 Å². The van der Waals surface area contributed by atoms with Crippen LogP contribution in [0.25, 0.3) is 0 Å². The molecule has 0 aromatic heterocycles. The van der Waals surface area contributed by atoms with Crippen molar-refractivity contribution in [1.29, 1.82) is 0 Å². The lowest BCUT2D eigenvalue weighted by Crippen LogP contribution is -2.52. The number of aryl methyl sites for hydroxylation is 1. The molecule has 2 aliphatic heterocycles. The summed E-state index contributed by atoms with van der Waals surface area (Å²) in [6.45, 7) is 13.4. The van der Waals surface area contributed by atoms with Crippen molar-refractivity contribution >= 4 is 35.6 Å². The van der Waals surface area contributed by atoms with Crippen molar-refractivity contribution in [2.24, 2.45) is 10.9 Å². The van der Waals surface area contributed by atoms with E-state index in [0.717, 1.165) is 84.5 Å².